The average Bonchev–Trinajstić information content (AvgIpc) is 2.69. The lowest BCUT2D eigenvalue weighted by molar-refractivity contribution is -0.137. The first kappa shape index (κ1) is 23.3. The number of hydrogen-bond acceptors (Lipinski definition) is 4. The van der Waals surface area contributed by atoms with E-state index in [4.69, 9.17) is 17.3 Å². The summed E-state index contributed by atoms with van der Waals surface area (Å²) < 4.78 is 52.4. The topological polar surface area (TPSA) is 78.6 Å². The Morgan fingerprint density at radius 2 is 1.87 bits per heavy atom. The Bertz CT molecular complexity index is 960. The predicted molar refractivity (Wildman–Crippen MR) is 109 cm³/mol. The van der Waals surface area contributed by atoms with Crippen LogP contribution in [-0.4, -0.2) is 42.1 Å². The van der Waals surface area contributed by atoms with Crippen LogP contribution >= 0.6 is 11.6 Å². The quantitative estimate of drug-likeness (QED) is 0.469. The summed E-state index contributed by atoms with van der Waals surface area (Å²) in [4.78, 5) is 14.2. The summed E-state index contributed by atoms with van der Waals surface area (Å²) in [5.41, 5.74) is 3.71. The molecule has 0 radical (unpaired) electrons. The second-order valence-corrected chi connectivity index (χ2v) is 7.96. The highest BCUT2D eigenvalue weighted by molar-refractivity contribution is 6.31. The maximum atomic E-state index is 13.1. The van der Waals surface area contributed by atoms with Gasteiger partial charge in [-0.3, -0.25) is 4.79 Å². The van der Waals surface area contributed by atoms with Crippen molar-refractivity contribution in [1.29, 1.82) is 0 Å². The third-order valence-electron chi connectivity index (χ3n) is 5.46. The normalized spacial score (nSPS) is 16.8. The van der Waals surface area contributed by atoms with E-state index in [-0.39, 0.29) is 29.7 Å². The minimum atomic E-state index is -4.60. The molecule has 10 heteroatoms. The van der Waals surface area contributed by atoms with Crippen molar-refractivity contribution in [2.45, 2.75) is 24.6 Å². The van der Waals surface area contributed by atoms with Crippen LogP contribution in [0, 0.1) is 5.82 Å². The fourth-order valence-corrected chi connectivity index (χ4v) is 3.86. The molecule has 0 saturated carbocycles. The van der Waals surface area contributed by atoms with E-state index in [9.17, 15) is 27.5 Å². The number of aliphatic hydroxyl groups is 1. The van der Waals surface area contributed by atoms with Crippen LogP contribution in [0.25, 0.3) is 0 Å². The zero-order valence-corrected chi connectivity index (χ0v) is 17.2. The molecular weight excluding hydrogens is 438 g/mol. The van der Waals surface area contributed by atoms with Gasteiger partial charge in [-0.15, -0.1) is 0 Å². The first-order valence-electron chi connectivity index (χ1n) is 9.65. The van der Waals surface area contributed by atoms with E-state index in [2.05, 4.69) is 5.32 Å². The first-order valence-corrected chi connectivity index (χ1v) is 10.0. The van der Waals surface area contributed by atoms with Gasteiger partial charge < -0.3 is 21.1 Å². The summed E-state index contributed by atoms with van der Waals surface area (Å²) in [6.45, 7) is 1.66. The van der Waals surface area contributed by atoms with Crippen LogP contribution in [0.5, 0.6) is 0 Å². The number of alkyl halides is 3. The van der Waals surface area contributed by atoms with Gasteiger partial charge in [-0.1, -0.05) is 17.7 Å². The Morgan fingerprint density at radius 3 is 2.48 bits per heavy atom. The standard InChI is InChI=1S/C21H22ClF4N3O2/c22-17-4-1-13(11-16(17)21(24,25)26)20(31)5-8-29(9-6-20)10-7-28-19(30)15-3-2-14(23)12-18(15)27/h1-4,11-12,31H,5-10,27H2,(H,28,30). The molecule has 3 rings (SSSR count). The molecule has 0 aliphatic carbocycles. The summed E-state index contributed by atoms with van der Waals surface area (Å²) >= 11 is 5.66. The molecular formula is C21H22ClF4N3O2. The molecule has 2 aromatic carbocycles. The highest BCUT2D eigenvalue weighted by Gasteiger charge is 2.38. The van der Waals surface area contributed by atoms with E-state index in [0.717, 1.165) is 24.3 Å². The smallest absolute Gasteiger partial charge is 0.398 e. The molecule has 1 fully saturated rings. The number of carbonyl (C=O) groups is 1. The van der Waals surface area contributed by atoms with Crippen LogP contribution in [0.4, 0.5) is 23.2 Å². The van der Waals surface area contributed by atoms with Gasteiger partial charge in [0.15, 0.2) is 0 Å². The van der Waals surface area contributed by atoms with Gasteiger partial charge in [0.05, 0.1) is 21.8 Å². The molecule has 0 aromatic heterocycles. The van der Waals surface area contributed by atoms with Gasteiger partial charge in [-0.05, 0) is 48.7 Å². The predicted octanol–water partition coefficient (Wildman–Crippen LogP) is 3.79. The second kappa shape index (κ2) is 9.02. The van der Waals surface area contributed by atoms with Crippen LogP contribution in [0.2, 0.25) is 5.02 Å². The molecule has 1 heterocycles. The molecule has 1 aliphatic heterocycles. The number of nitrogens with two attached hydrogens (primary N) is 1. The van der Waals surface area contributed by atoms with Crippen molar-refractivity contribution in [3.05, 3.63) is 63.9 Å². The van der Waals surface area contributed by atoms with E-state index in [1.165, 1.54) is 12.1 Å². The van der Waals surface area contributed by atoms with Crippen molar-refractivity contribution in [1.82, 2.24) is 10.2 Å². The molecule has 1 aliphatic rings. The third-order valence-corrected chi connectivity index (χ3v) is 5.79. The van der Waals surface area contributed by atoms with Crippen molar-refractivity contribution in [2.24, 2.45) is 0 Å². The summed E-state index contributed by atoms with van der Waals surface area (Å²) in [6.07, 6.45) is -4.12. The number of anilines is 1. The number of piperidine rings is 1. The number of nitrogens with one attached hydrogen (secondary N) is 1. The van der Waals surface area contributed by atoms with E-state index in [1.807, 2.05) is 4.90 Å². The number of benzene rings is 2. The fraction of sp³-hybridized carbons (Fsp3) is 0.381. The maximum Gasteiger partial charge on any atom is 0.417 e. The third kappa shape index (κ3) is 5.47. The van der Waals surface area contributed by atoms with E-state index < -0.39 is 34.1 Å². The van der Waals surface area contributed by atoms with Gasteiger partial charge in [-0.25, -0.2) is 4.39 Å². The minimum absolute atomic E-state index is 0.0433. The number of hydrogen-bond donors (Lipinski definition) is 3. The molecule has 0 spiro atoms. The number of carbonyl (C=O) groups excluding carboxylic acids is 1. The molecule has 4 N–H and O–H groups in total. The van der Waals surface area contributed by atoms with Crippen molar-refractivity contribution in [3.8, 4) is 0 Å². The number of nitrogen functional groups attached to an aromatic ring is 1. The number of likely N-dealkylation sites (tertiary alicyclic amines) is 1. The SMILES string of the molecule is Nc1cc(F)ccc1C(=O)NCCN1CCC(O)(c2ccc(Cl)c(C(F)(F)F)c2)CC1. The average molecular weight is 460 g/mol. The zero-order chi connectivity index (χ0) is 22.8. The van der Waals surface area contributed by atoms with Crippen LogP contribution in [0.1, 0.15) is 34.3 Å². The Labute approximate surface area is 181 Å². The first-order chi connectivity index (χ1) is 14.5. The molecule has 1 amide bonds. The van der Waals surface area contributed by atoms with Gasteiger partial charge in [-0.2, -0.15) is 13.2 Å². The zero-order valence-electron chi connectivity index (χ0n) is 16.5. The Balaban J connectivity index is 1.54. The number of rotatable bonds is 5. The van der Waals surface area contributed by atoms with Crippen molar-refractivity contribution in [3.63, 3.8) is 0 Å². The van der Waals surface area contributed by atoms with E-state index in [1.54, 1.807) is 0 Å². The molecule has 0 bridgehead atoms. The molecule has 0 atom stereocenters. The highest BCUT2D eigenvalue weighted by Crippen LogP contribution is 2.39. The number of nitrogens with zero attached hydrogens (tertiary/aromatic N) is 1. The van der Waals surface area contributed by atoms with E-state index in [0.29, 0.717) is 26.2 Å². The van der Waals surface area contributed by atoms with Gasteiger partial charge >= 0.3 is 6.18 Å². The Morgan fingerprint density at radius 1 is 1.19 bits per heavy atom. The van der Waals surface area contributed by atoms with Gasteiger partial charge in [0.25, 0.3) is 5.91 Å². The Hall–Kier alpha value is -2.36. The monoisotopic (exact) mass is 459 g/mol. The van der Waals surface area contributed by atoms with Gasteiger partial charge in [0.1, 0.15) is 5.82 Å². The van der Waals surface area contributed by atoms with Crippen molar-refractivity contribution >= 4 is 23.2 Å². The lowest BCUT2D eigenvalue weighted by Gasteiger charge is -2.38. The van der Waals surface area contributed by atoms with Crippen LogP contribution in [0.3, 0.4) is 0 Å². The number of halogens is 5. The fourth-order valence-electron chi connectivity index (χ4n) is 3.63. The van der Waals surface area contributed by atoms with Crippen LogP contribution in [0.15, 0.2) is 36.4 Å². The molecule has 1 saturated heterocycles. The summed E-state index contributed by atoms with van der Waals surface area (Å²) in [7, 11) is 0. The van der Waals surface area contributed by atoms with Crippen LogP contribution in [-0.2, 0) is 11.8 Å². The molecule has 5 nitrogen and oxygen atoms in total. The summed E-state index contributed by atoms with van der Waals surface area (Å²) in [6, 6.07) is 7.01. The van der Waals surface area contributed by atoms with Gasteiger partial charge in [0.2, 0.25) is 0 Å². The molecule has 168 valence electrons. The van der Waals surface area contributed by atoms with Gasteiger partial charge in [0, 0.05) is 31.9 Å². The van der Waals surface area contributed by atoms with Crippen molar-refractivity contribution < 1.29 is 27.5 Å². The molecule has 0 unspecified atom stereocenters. The molecule has 31 heavy (non-hydrogen) atoms. The second-order valence-electron chi connectivity index (χ2n) is 7.55. The minimum Gasteiger partial charge on any atom is -0.398 e. The highest BCUT2D eigenvalue weighted by atomic mass is 35.5. The summed E-state index contributed by atoms with van der Waals surface area (Å²) in [5, 5.41) is 13.2. The lowest BCUT2D eigenvalue weighted by atomic mass is 9.83. The summed E-state index contributed by atoms with van der Waals surface area (Å²) in [5.74, 6) is -0.954. The largest absolute Gasteiger partial charge is 0.417 e. The maximum absolute atomic E-state index is 13.1. The van der Waals surface area contributed by atoms with E-state index >= 15 is 0 Å². The lowest BCUT2D eigenvalue weighted by Crippen LogP contribution is -2.45. The Kier molecular flexibility index (Phi) is 6.78. The number of amides is 1. The van der Waals surface area contributed by atoms with Crippen molar-refractivity contribution in [2.75, 3.05) is 31.9 Å². The van der Waals surface area contributed by atoms with Crippen LogP contribution < -0.4 is 11.1 Å². The molecule has 2 aromatic rings.